The molecule has 0 unspecified atom stereocenters. The predicted molar refractivity (Wildman–Crippen MR) is 113 cm³/mol. The van der Waals surface area contributed by atoms with Crippen molar-refractivity contribution in [2.45, 2.75) is 13.8 Å². The molecule has 6 heteroatoms. The zero-order valence-electron chi connectivity index (χ0n) is 15.4. The van der Waals surface area contributed by atoms with E-state index in [1.807, 2.05) is 0 Å². The van der Waals surface area contributed by atoms with Gasteiger partial charge in [-0.2, -0.15) is 0 Å². The molecule has 0 fully saturated rings. The van der Waals surface area contributed by atoms with Crippen LogP contribution in [-0.4, -0.2) is 11.9 Å². The summed E-state index contributed by atoms with van der Waals surface area (Å²) < 4.78 is 10.3. The molecule has 0 saturated carbocycles. The Morgan fingerprint density at radius 2 is 1.14 bits per heavy atom. The summed E-state index contributed by atoms with van der Waals surface area (Å²) in [6.45, 7) is 10.2. The number of carbonyl (C=O) groups is 2. The Bertz CT molecular complexity index is 911. The highest BCUT2D eigenvalue weighted by Gasteiger charge is 2.09. The van der Waals surface area contributed by atoms with Gasteiger partial charge in [-0.05, 0) is 49.2 Å². The zero-order chi connectivity index (χ0) is 20.8. The average molecular weight is 417 g/mol. The van der Waals surface area contributed by atoms with Gasteiger partial charge >= 0.3 is 11.9 Å². The second kappa shape index (κ2) is 9.40. The Kier molecular flexibility index (Phi) is 7.21. The first-order chi connectivity index (χ1) is 13.2. The van der Waals surface area contributed by atoms with E-state index in [9.17, 15) is 9.59 Å². The van der Waals surface area contributed by atoms with Crippen LogP contribution in [0.5, 0.6) is 11.5 Å². The van der Waals surface area contributed by atoms with Crippen molar-refractivity contribution >= 4 is 47.3 Å². The Hall–Kier alpha value is -2.82. The van der Waals surface area contributed by atoms with Gasteiger partial charge in [0.15, 0.2) is 0 Å². The van der Waals surface area contributed by atoms with Crippen molar-refractivity contribution in [2.75, 3.05) is 0 Å². The van der Waals surface area contributed by atoms with Crippen molar-refractivity contribution in [3.63, 3.8) is 0 Å². The molecule has 0 radical (unpaired) electrons. The fraction of sp³-hybridized carbons (Fsp3) is 0.0909. The molecule has 144 valence electrons. The monoisotopic (exact) mass is 416 g/mol. The highest BCUT2D eigenvalue weighted by atomic mass is 35.5. The minimum absolute atomic E-state index is 0.298. The minimum atomic E-state index is -0.515. The molecule has 2 rings (SSSR count). The van der Waals surface area contributed by atoms with Crippen molar-refractivity contribution in [1.82, 2.24) is 0 Å². The van der Waals surface area contributed by atoms with Crippen LogP contribution in [0.2, 0.25) is 10.0 Å². The van der Waals surface area contributed by atoms with E-state index in [0.717, 1.165) is 0 Å². The third-order valence-corrected chi connectivity index (χ3v) is 4.16. The van der Waals surface area contributed by atoms with Crippen LogP contribution in [-0.2, 0) is 9.59 Å². The molecule has 0 heterocycles. The van der Waals surface area contributed by atoms with Crippen LogP contribution in [0, 0.1) is 0 Å². The van der Waals surface area contributed by atoms with Crippen LogP contribution >= 0.6 is 23.2 Å². The molecule has 0 saturated heterocycles. The van der Waals surface area contributed by atoms with Crippen molar-refractivity contribution in [3.8, 4) is 11.5 Å². The van der Waals surface area contributed by atoms with Gasteiger partial charge in [-0.15, -0.1) is 0 Å². The maximum atomic E-state index is 11.6. The maximum absolute atomic E-state index is 11.6. The number of hydrogen-bond acceptors (Lipinski definition) is 4. The summed E-state index contributed by atoms with van der Waals surface area (Å²) in [5, 5.41) is 0.817. The van der Waals surface area contributed by atoms with Crippen molar-refractivity contribution in [1.29, 1.82) is 0 Å². The van der Waals surface area contributed by atoms with Gasteiger partial charge in [0.1, 0.15) is 11.5 Å². The molecule has 0 spiro atoms. The lowest BCUT2D eigenvalue weighted by atomic mass is 10.1. The fourth-order valence-corrected chi connectivity index (χ4v) is 2.45. The summed E-state index contributed by atoms with van der Waals surface area (Å²) in [6, 6.07) is 9.80. The summed E-state index contributed by atoms with van der Waals surface area (Å²) in [4.78, 5) is 23.1. The first-order valence-electron chi connectivity index (χ1n) is 8.20. The Balaban J connectivity index is 2.15. The average Bonchev–Trinajstić information content (AvgIpc) is 2.62. The SMILES string of the molecule is C=C(C)C(=O)Oc1ccc(/C=C/c2ccc(OC(=O)C(=C)C)cc2Cl)c(Cl)c1. The van der Waals surface area contributed by atoms with E-state index in [2.05, 4.69) is 13.2 Å². The molecule has 2 aromatic rings. The van der Waals surface area contributed by atoms with Crippen LogP contribution in [0.3, 0.4) is 0 Å². The van der Waals surface area contributed by atoms with Crippen molar-refractivity contribution in [2.24, 2.45) is 0 Å². The van der Waals surface area contributed by atoms with Crippen LogP contribution in [0.4, 0.5) is 0 Å². The first-order valence-corrected chi connectivity index (χ1v) is 8.95. The lowest BCUT2D eigenvalue weighted by molar-refractivity contribution is -0.130. The standard InChI is InChI=1S/C22H18Cl2O4/c1-13(2)21(25)27-17-9-7-15(19(23)11-17)5-6-16-8-10-18(12-20(16)24)28-22(26)14(3)4/h5-12H,1,3H2,2,4H3/b6-5+. The van der Waals surface area contributed by atoms with Crippen LogP contribution in [0.25, 0.3) is 12.2 Å². The summed E-state index contributed by atoms with van der Waals surface area (Å²) >= 11 is 12.5. The molecule has 0 aliphatic rings. The van der Waals surface area contributed by atoms with Gasteiger partial charge < -0.3 is 9.47 Å². The normalized spacial score (nSPS) is 10.6. The van der Waals surface area contributed by atoms with E-state index in [1.54, 1.807) is 62.4 Å². The lowest BCUT2D eigenvalue weighted by Gasteiger charge is -2.07. The Morgan fingerprint density at radius 3 is 1.43 bits per heavy atom. The fourth-order valence-electron chi connectivity index (χ4n) is 1.98. The Labute approximate surface area is 173 Å². The molecule has 0 atom stereocenters. The number of hydrogen-bond donors (Lipinski definition) is 0. The molecular formula is C22H18Cl2O4. The van der Waals surface area contributed by atoms with Crippen molar-refractivity contribution in [3.05, 3.63) is 81.9 Å². The van der Waals surface area contributed by atoms with E-state index in [0.29, 0.717) is 43.8 Å². The van der Waals surface area contributed by atoms with Gasteiger partial charge in [-0.3, -0.25) is 0 Å². The number of halogens is 2. The molecule has 0 aromatic heterocycles. The lowest BCUT2D eigenvalue weighted by Crippen LogP contribution is -2.08. The van der Waals surface area contributed by atoms with Gasteiger partial charge in [-0.25, -0.2) is 9.59 Å². The summed E-state index contributed by atoms with van der Waals surface area (Å²) in [5.41, 5.74) is 2.02. The maximum Gasteiger partial charge on any atom is 0.338 e. The smallest absolute Gasteiger partial charge is 0.338 e. The molecular weight excluding hydrogens is 399 g/mol. The largest absolute Gasteiger partial charge is 0.423 e. The summed E-state index contributed by atoms with van der Waals surface area (Å²) in [5.74, 6) is -0.370. The number of rotatable bonds is 6. The molecule has 0 bridgehead atoms. The van der Waals surface area contributed by atoms with E-state index < -0.39 is 11.9 Å². The molecule has 4 nitrogen and oxygen atoms in total. The number of benzene rings is 2. The summed E-state index contributed by atoms with van der Waals surface area (Å²) in [6.07, 6.45) is 3.54. The third kappa shape index (κ3) is 5.84. The molecule has 2 aromatic carbocycles. The Morgan fingerprint density at radius 1 is 0.786 bits per heavy atom. The first kappa shape index (κ1) is 21.5. The highest BCUT2D eigenvalue weighted by molar-refractivity contribution is 6.33. The summed E-state index contributed by atoms with van der Waals surface area (Å²) in [7, 11) is 0. The minimum Gasteiger partial charge on any atom is -0.423 e. The zero-order valence-corrected chi connectivity index (χ0v) is 16.9. The van der Waals surface area contributed by atoms with Crippen LogP contribution in [0.15, 0.2) is 60.7 Å². The topological polar surface area (TPSA) is 52.6 Å². The molecule has 0 N–H and O–H groups in total. The van der Waals surface area contributed by atoms with Gasteiger partial charge in [0.25, 0.3) is 0 Å². The predicted octanol–water partition coefficient (Wildman–Crippen LogP) is 6.13. The van der Waals surface area contributed by atoms with Gasteiger partial charge in [0, 0.05) is 23.3 Å². The molecule has 0 amide bonds. The van der Waals surface area contributed by atoms with Crippen LogP contribution in [0.1, 0.15) is 25.0 Å². The third-order valence-electron chi connectivity index (χ3n) is 3.50. The van der Waals surface area contributed by atoms with Gasteiger partial charge in [0.05, 0.1) is 10.0 Å². The van der Waals surface area contributed by atoms with Gasteiger partial charge in [0.2, 0.25) is 0 Å². The highest BCUT2D eigenvalue weighted by Crippen LogP contribution is 2.28. The quantitative estimate of drug-likeness (QED) is 0.246. The molecule has 0 aliphatic heterocycles. The van der Waals surface area contributed by atoms with E-state index in [-0.39, 0.29) is 0 Å². The molecule has 0 aliphatic carbocycles. The van der Waals surface area contributed by atoms with E-state index >= 15 is 0 Å². The second-order valence-corrected chi connectivity index (χ2v) is 6.85. The molecule has 28 heavy (non-hydrogen) atoms. The van der Waals surface area contributed by atoms with E-state index in [1.165, 1.54) is 0 Å². The van der Waals surface area contributed by atoms with E-state index in [4.69, 9.17) is 32.7 Å². The second-order valence-electron chi connectivity index (χ2n) is 6.04. The van der Waals surface area contributed by atoms with Gasteiger partial charge in [-0.1, -0.05) is 48.5 Å². The number of carbonyl (C=O) groups excluding carboxylic acids is 2. The van der Waals surface area contributed by atoms with Crippen molar-refractivity contribution < 1.29 is 19.1 Å². The number of ether oxygens (including phenoxy) is 2. The number of esters is 2. The van der Waals surface area contributed by atoms with Crippen LogP contribution < -0.4 is 9.47 Å².